The monoisotopic (exact) mass is 119 g/mol. The van der Waals surface area contributed by atoms with Gasteiger partial charge in [0.05, 0.1) is 13.3 Å². The summed E-state index contributed by atoms with van der Waals surface area (Å²) in [7, 11) is 1.46. The lowest BCUT2D eigenvalue weighted by Gasteiger charge is -1.91. The smallest absolute Gasteiger partial charge is 0.147 e. The number of ether oxygens (including phenoxy) is 1. The first-order valence-corrected chi connectivity index (χ1v) is 2.13. The number of allylic oxidation sites excluding steroid dienone is 1. The third-order valence-corrected chi connectivity index (χ3v) is 0.701. The highest BCUT2D eigenvalue weighted by atomic mass is 35.5. The number of nitrogens with one attached hydrogen (secondary N) is 1. The van der Waals surface area contributed by atoms with Gasteiger partial charge in [-0.25, -0.2) is 0 Å². The van der Waals surface area contributed by atoms with Crippen LogP contribution in [0.4, 0.5) is 0 Å². The lowest BCUT2D eigenvalue weighted by molar-refractivity contribution is 0.318. The van der Waals surface area contributed by atoms with Gasteiger partial charge in [0, 0.05) is 5.54 Å². The first-order chi connectivity index (χ1) is 3.35. The van der Waals surface area contributed by atoms with Crippen LogP contribution in [0, 0.1) is 5.41 Å². The molecule has 0 saturated carbocycles. The Hall–Kier alpha value is -0.500. The van der Waals surface area contributed by atoms with Crippen LogP contribution in [-0.2, 0) is 4.74 Å². The molecule has 0 aromatic heterocycles. The largest absolute Gasteiger partial charge is 0.494 e. The molecule has 0 heterocycles. The summed E-state index contributed by atoms with van der Waals surface area (Å²) in [6.45, 7) is 0. The highest BCUT2D eigenvalue weighted by Crippen LogP contribution is 1.90. The fraction of sp³-hybridized carbons (Fsp3) is 0.250. The third kappa shape index (κ3) is 2.23. The van der Waals surface area contributed by atoms with Crippen LogP contribution in [-0.4, -0.2) is 13.3 Å². The average Bonchev–Trinajstić information content (AvgIpc) is 1.72. The Bertz CT molecular complexity index is 89.7. The fourth-order valence-electron chi connectivity index (χ4n) is 0.135. The minimum atomic E-state index is 0.363. The van der Waals surface area contributed by atoms with Crippen LogP contribution in [0.25, 0.3) is 0 Å². The van der Waals surface area contributed by atoms with E-state index in [4.69, 9.17) is 17.0 Å². The summed E-state index contributed by atoms with van der Waals surface area (Å²) >= 11 is 5.13. The Kier molecular flexibility index (Phi) is 3.42. The van der Waals surface area contributed by atoms with Gasteiger partial charge >= 0.3 is 0 Å². The fourth-order valence-corrected chi connectivity index (χ4v) is 0.287. The summed E-state index contributed by atoms with van der Waals surface area (Å²) in [6, 6.07) is 0. The zero-order valence-corrected chi connectivity index (χ0v) is 4.70. The van der Waals surface area contributed by atoms with Crippen LogP contribution in [0.5, 0.6) is 0 Å². The molecule has 0 aromatic rings. The van der Waals surface area contributed by atoms with Gasteiger partial charge in [0.25, 0.3) is 0 Å². The van der Waals surface area contributed by atoms with E-state index in [1.807, 2.05) is 0 Å². The van der Waals surface area contributed by atoms with Crippen LogP contribution < -0.4 is 0 Å². The summed E-state index contributed by atoms with van der Waals surface area (Å²) in [6.07, 6.45) is 1.03. The Labute approximate surface area is 47.2 Å². The SMILES string of the molecule is CO/C(C=N)=C\Cl. The first kappa shape index (κ1) is 6.50. The van der Waals surface area contributed by atoms with Crippen molar-refractivity contribution < 1.29 is 4.74 Å². The van der Waals surface area contributed by atoms with Gasteiger partial charge in [-0.15, -0.1) is 0 Å². The van der Waals surface area contributed by atoms with Crippen molar-refractivity contribution in [3.8, 4) is 0 Å². The number of rotatable bonds is 2. The second-order valence-electron chi connectivity index (χ2n) is 0.860. The molecule has 0 fully saturated rings. The van der Waals surface area contributed by atoms with E-state index in [9.17, 15) is 0 Å². The molecule has 0 aliphatic carbocycles. The Morgan fingerprint density at radius 2 is 2.43 bits per heavy atom. The van der Waals surface area contributed by atoms with Crippen molar-refractivity contribution in [2.75, 3.05) is 7.11 Å². The molecular formula is C4H6ClNO. The Morgan fingerprint density at radius 3 is 2.43 bits per heavy atom. The number of methoxy groups -OCH3 is 1. The molecule has 0 amide bonds. The molecule has 2 nitrogen and oxygen atoms in total. The van der Waals surface area contributed by atoms with Crippen molar-refractivity contribution >= 4 is 17.8 Å². The molecule has 0 unspecified atom stereocenters. The van der Waals surface area contributed by atoms with Gasteiger partial charge in [-0.05, 0) is 0 Å². The number of hydrogen-bond acceptors (Lipinski definition) is 2. The Balaban J connectivity index is 3.60. The molecule has 0 bridgehead atoms. The highest BCUT2D eigenvalue weighted by Gasteiger charge is 1.81. The predicted octanol–water partition coefficient (Wildman–Crippen LogP) is 1.36. The van der Waals surface area contributed by atoms with Gasteiger partial charge < -0.3 is 10.1 Å². The van der Waals surface area contributed by atoms with Gasteiger partial charge in [-0.2, -0.15) is 0 Å². The molecular weight excluding hydrogens is 114 g/mol. The normalized spacial score (nSPS) is 10.9. The van der Waals surface area contributed by atoms with Gasteiger partial charge in [-0.1, -0.05) is 11.6 Å². The predicted molar refractivity (Wildman–Crippen MR) is 29.7 cm³/mol. The van der Waals surface area contributed by atoms with Crippen LogP contribution in [0.3, 0.4) is 0 Å². The van der Waals surface area contributed by atoms with Crippen molar-refractivity contribution in [1.82, 2.24) is 0 Å². The van der Waals surface area contributed by atoms with Crippen LogP contribution >= 0.6 is 11.6 Å². The van der Waals surface area contributed by atoms with Gasteiger partial charge in [0.2, 0.25) is 0 Å². The van der Waals surface area contributed by atoms with Crippen molar-refractivity contribution in [2.24, 2.45) is 0 Å². The van der Waals surface area contributed by atoms with Crippen LogP contribution in [0.1, 0.15) is 0 Å². The summed E-state index contributed by atoms with van der Waals surface area (Å²) in [5.74, 6) is 0.363. The molecule has 1 N–H and O–H groups in total. The maximum Gasteiger partial charge on any atom is 0.147 e. The molecule has 0 aromatic carbocycles. The molecule has 0 atom stereocenters. The van der Waals surface area contributed by atoms with E-state index in [1.165, 1.54) is 12.6 Å². The minimum Gasteiger partial charge on any atom is -0.494 e. The van der Waals surface area contributed by atoms with Crippen molar-refractivity contribution in [1.29, 1.82) is 5.41 Å². The molecule has 0 radical (unpaired) electrons. The third-order valence-electron chi connectivity index (χ3n) is 0.485. The van der Waals surface area contributed by atoms with E-state index in [0.29, 0.717) is 5.76 Å². The number of halogens is 1. The maximum absolute atomic E-state index is 6.56. The quantitative estimate of drug-likeness (QED) is 0.432. The van der Waals surface area contributed by atoms with E-state index in [1.54, 1.807) is 0 Å². The van der Waals surface area contributed by atoms with E-state index >= 15 is 0 Å². The summed E-state index contributed by atoms with van der Waals surface area (Å²) in [5.41, 5.74) is 1.20. The zero-order valence-electron chi connectivity index (χ0n) is 3.94. The first-order valence-electron chi connectivity index (χ1n) is 1.70. The van der Waals surface area contributed by atoms with Gasteiger partial charge in [0.1, 0.15) is 5.76 Å². The van der Waals surface area contributed by atoms with E-state index < -0.39 is 0 Å². The second-order valence-corrected chi connectivity index (χ2v) is 1.08. The summed E-state index contributed by atoms with van der Waals surface area (Å²) < 4.78 is 4.53. The van der Waals surface area contributed by atoms with Crippen molar-refractivity contribution in [3.63, 3.8) is 0 Å². The highest BCUT2D eigenvalue weighted by molar-refractivity contribution is 6.26. The van der Waals surface area contributed by atoms with Crippen molar-refractivity contribution in [2.45, 2.75) is 0 Å². The van der Waals surface area contributed by atoms with E-state index in [2.05, 4.69) is 4.74 Å². The van der Waals surface area contributed by atoms with Crippen LogP contribution in [0.15, 0.2) is 11.3 Å². The number of hydrogen-bond donors (Lipinski definition) is 1. The zero-order chi connectivity index (χ0) is 5.70. The topological polar surface area (TPSA) is 33.1 Å². The van der Waals surface area contributed by atoms with E-state index in [0.717, 1.165) is 6.21 Å². The van der Waals surface area contributed by atoms with Crippen molar-refractivity contribution in [3.05, 3.63) is 11.3 Å². The molecule has 0 spiro atoms. The molecule has 40 valence electrons. The lowest BCUT2D eigenvalue weighted by Crippen LogP contribution is -1.82. The molecule has 7 heavy (non-hydrogen) atoms. The molecule has 0 rings (SSSR count). The minimum absolute atomic E-state index is 0.363. The Morgan fingerprint density at radius 1 is 1.86 bits per heavy atom. The summed E-state index contributed by atoms with van der Waals surface area (Å²) in [5, 5.41) is 6.56. The van der Waals surface area contributed by atoms with E-state index in [-0.39, 0.29) is 0 Å². The average molecular weight is 120 g/mol. The molecule has 0 aliphatic rings. The standard InChI is InChI=1S/C4H6ClNO/c1-7-4(2-5)3-6/h2-3,6H,1H3/b4-2-,6-3?. The molecule has 0 aliphatic heterocycles. The van der Waals surface area contributed by atoms with Gasteiger partial charge in [0.15, 0.2) is 0 Å². The van der Waals surface area contributed by atoms with Gasteiger partial charge in [-0.3, -0.25) is 0 Å². The molecule has 3 heteroatoms. The molecule has 0 saturated heterocycles. The lowest BCUT2D eigenvalue weighted by atomic mass is 10.6. The van der Waals surface area contributed by atoms with Crippen LogP contribution in [0.2, 0.25) is 0 Å². The maximum atomic E-state index is 6.56. The summed E-state index contributed by atoms with van der Waals surface area (Å²) in [4.78, 5) is 0. The second kappa shape index (κ2) is 3.68.